The highest BCUT2D eigenvalue weighted by Crippen LogP contribution is 2.47. The van der Waals surface area contributed by atoms with Gasteiger partial charge in [-0.05, 0) is 71.7 Å². The van der Waals surface area contributed by atoms with Gasteiger partial charge in [0.05, 0.1) is 17.3 Å². The van der Waals surface area contributed by atoms with E-state index in [-0.39, 0.29) is 17.9 Å². The molecule has 1 saturated heterocycles. The van der Waals surface area contributed by atoms with Gasteiger partial charge in [0, 0.05) is 17.1 Å². The summed E-state index contributed by atoms with van der Waals surface area (Å²) in [5.74, 6) is -1.37. The maximum absolute atomic E-state index is 13.2. The molecule has 0 spiro atoms. The molecule has 8 heteroatoms. The monoisotopic (exact) mass is 447 g/mol. The average molecular weight is 448 g/mol. The van der Waals surface area contributed by atoms with Gasteiger partial charge in [0.1, 0.15) is 11.6 Å². The first-order chi connectivity index (χ1) is 14.3. The smallest absolute Gasteiger partial charge is 0.411 e. The zero-order valence-corrected chi connectivity index (χ0v) is 19.6. The Morgan fingerprint density at radius 2 is 1.71 bits per heavy atom. The number of hydrogen-bond acceptors (Lipinski definition) is 4. The lowest BCUT2D eigenvalue weighted by Gasteiger charge is -2.32. The first-order valence-electron chi connectivity index (χ1n) is 10.3. The molecule has 2 aromatic rings. The minimum atomic E-state index is -1.07. The van der Waals surface area contributed by atoms with E-state index in [1.54, 1.807) is 32.9 Å². The lowest BCUT2D eigenvalue weighted by Crippen LogP contribution is -2.44. The van der Waals surface area contributed by atoms with E-state index in [2.05, 4.69) is 0 Å². The molecule has 0 saturated carbocycles. The molecule has 1 N–H and O–H groups in total. The van der Waals surface area contributed by atoms with E-state index < -0.39 is 29.7 Å². The van der Waals surface area contributed by atoms with Crippen LogP contribution in [0.1, 0.15) is 71.2 Å². The van der Waals surface area contributed by atoms with Crippen LogP contribution >= 0.6 is 11.6 Å². The number of nitrogens with zero attached hydrogens (tertiary/aromatic N) is 3. The van der Waals surface area contributed by atoms with E-state index in [9.17, 15) is 14.7 Å². The van der Waals surface area contributed by atoms with E-state index >= 15 is 0 Å². The van der Waals surface area contributed by atoms with E-state index in [0.29, 0.717) is 5.02 Å². The second kappa shape index (κ2) is 8.19. The number of aromatic nitrogens is 2. The lowest BCUT2D eigenvalue weighted by atomic mass is 9.90. The maximum atomic E-state index is 13.2. The number of carboxylic acids is 1. The third-order valence-electron chi connectivity index (χ3n) is 5.27. The predicted octanol–water partition coefficient (Wildman–Crippen LogP) is 5.21. The molecule has 1 fully saturated rings. The zero-order valence-electron chi connectivity index (χ0n) is 18.8. The van der Waals surface area contributed by atoms with Gasteiger partial charge in [-0.25, -0.2) is 9.59 Å². The number of carbonyl (C=O) groups excluding carboxylic acids is 1. The van der Waals surface area contributed by atoms with Crippen LogP contribution in [0.3, 0.4) is 0 Å². The summed E-state index contributed by atoms with van der Waals surface area (Å²) in [6.07, 6.45) is 1.47. The molecule has 0 aliphatic carbocycles. The van der Waals surface area contributed by atoms with Crippen molar-refractivity contribution in [3.63, 3.8) is 0 Å². The van der Waals surface area contributed by atoms with Crippen molar-refractivity contribution in [1.82, 2.24) is 14.7 Å². The van der Waals surface area contributed by atoms with Crippen LogP contribution in [-0.2, 0) is 15.1 Å². The highest BCUT2D eigenvalue weighted by Gasteiger charge is 2.50. The SMILES string of the molecule is CC(C)(C)OC(=O)N1[C@H](C(=O)O)CC(c2ccn(C(C)(C)C)n2)[C@@H]1c1ccc(Cl)cc1. The van der Waals surface area contributed by atoms with Crippen LogP contribution in [-0.4, -0.2) is 43.5 Å². The van der Waals surface area contributed by atoms with Gasteiger partial charge in [0.2, 0.25) is 0 Å². The number of carbonyl (C=O) groups is 2. The summed E-state index contributed by atoms with van der Waals surface area (Å²) in [6.45, 7) is 11.4. The number of likely N-dealkylation sites (tertiary alicyclic amines) is 1. The van der Waals surface area contributed by atoms with Crippen LogP contribution in [0.15, 0.2) is 36.5 Å². The van der Waals surface area contributed by atoms with Gasteiger partial charge in [-0.15, -0.1) is 0 Å². The molecule has 0 bridgehead atoms. The van der Waals surface area contributed by atoms with Crippen LogP contribution < -0.4 is 0 Å². The van der Waals surface area contributed by atoms with Crippen molar-refractivity contribution in [2.24, 2.45) is 0 Å². The Labute approximate surface area is 187 Å². The summed E-state index contributed by atoms with van der Waals surface area (Å²) < 4.78 is 7.45. The molecule has 7 nitrogen and oxygen atoms in total. The lowest BCUT2D eigenvalue weighted by molar-refractivity contribution is -0.142. The van der Waals surface area contributed by atoms with Crippen LogP contribution in [0.4, 0.5) is 4.79 Å². The van der Waals surface area contributed by atoms with E-state index in [4.69, 9.17) is 21.4 Å². The van der Waals surface area contributed by atoms with Gasteiger partial charge in [-0.1, -0.05) is 23.7 Å². The third kappa shape index (κ3) is 5.03. The quantitative estimate of drug-likeness (QED) is 0.698. The van der Waals surface area contributed by atoms with E-state index in [0.717, 1.165) is 11.3 Å². The minimum Gasteiger partial charge on any atom is -0.480 e. The fourth-order valence-corrected chi connectivity index (χ4v) is 4.02. The molecular weight excluding hydrogens is 418 g/mol. The van der Waals surface area contributed by atoms with Crippen LogP contribution in [0.25, 0.3) is 0 Å². The Bertz CT molecular complexity index is 956. The van der Waals surface area contributed by atoms with Crippen molar-refractivity contribution in [3.8, 4) is 0 Å². The number of halogens is 1. The summed E-state index contributed by atoms with van der Waals surface area (Å²) in [5, 5.41) is 15.2. The topological polar surface area (TPSA) is 84.7 Å². The highest BCUT2D eigenvalue weighted by molar-refractivity contribution is 6.30. The van der Waals surface area contributed by atoms with Gasteiger partial charge in [0.15, 0.2) is 0 Å². The van der Waals surface area contributed by atoms with E-state index in [1.807, 2.05) is 49.8 Å². The van der Waals surface area contributed by atoms with Gasteiger partial charge >= 0.3 is 12.1 Å². The molecule has 3 atom stereocenters. The number of amides is 1. The Morgan fingerprint density at radius 3 is 2.19 bits per heavy atom. The second-order valence-corrected chi connectivity index (χ2v) is 10.4. The third-order valence-corrected chi connectivity index (χ3v) is 5.52. The van der Waals surface area contributed by atoms with Gasteiger partial charge in [-0.3, -0.25) is 9.58 Å². The molecule has 1 aliphatic rings. The molecule has 1 amide bonds. The summed E-state index contributed by atoms with van der Waals surface area (Å²) in [5.41, 5.74) is 0.557. The first-order valence-corrected chi connectivity index (χ1v) is 10.7. The maximum Gasteiger partial charge on any atom is 0.411 e. The van der Waals surface area contributed by atoms with Crippen LogP contribution in [0.2, 0.25) is 5.02 Å². The molecule has 2 heterocycles. The number of benzene rings is 1. The molecule has 3 rings (SSSR count). The minimum absolute atomic E-state index is 0.219. The van der Waals surface area contributed by atoms with Crippen molar-refractivity contribution >= 4 is 23.7 Å². The molecule has 1 aliphatic heterocycles. The Kier molecular flexibility index (Phi) is 6.11. The summed E-state index contributed by atoms with van der Waals surface area (Å²) in [4.78, 5) is 26.7. The van der Waals surface area contributed by atoms with Crippen molar-refractivity contribution in [2.45, 2.75) is 77.1 Å². The Hall–Kier alpha value is -2.54. The van der Waals surface area contributed by atoms with Crippen molar-refractivity contribution in [2.75, 3.05) is 0 Å². The van der Waals surface area contributed by atoms with Crippen molar-refractivity contribution in [3.05, 3.63) is 52.8 Å². The summed E-state index contributed by atoms with van der Waals surface area (Å²) in [6, 6.07) is 7.45. The largest absolute Gasteiger partial charge is 0.480 e. The normalized spacial score (nSPS) is 21.9. The first kappa shape index (κ1) is 23.1. The number of rotatable bonds is 3. The Balaban J connectivity index is 2.10. The molecule has 1 unspecified atom stereocenters. The van der Waals surface area contributed by atoms with Crippen LogP contribution in [0.5, 0.6) is 0 Å². The summed E-state index contributed by atoms with van der Waals surface area (Å²) in [7, 11) is 0. The van der Waals surface area contributed by atoms with Gasteiger partial charge in [0.25, 0.3) is 0 Å². The summed E-state index contributed by atoms with van der Waals surface area (Å²) >= 11 is 6.08. The predicted molar refractivity (Wildman–Crippen MR) is 118 cm³/mol. The Morgan fingerprint density at radius 1 is 1.10 bits per heavy atom. The number of hydrogen-bond donors (Lipinski definition) is 1. The molecule has 0 radical (unpaired) electrons. The fourth-order valence-electron chi connectivity index (χ4n) is 3.89. The number of aliphatic carboxylic acids is 1. The van der Waals surface area contributed by atoms with Gasteiger partial charge in [-0.2, -0.15) is 5.10 Å². The molecule has 168 valence electrons. The van der Waals surface area contributed by atoms with E-state index in [1.165, 1.54) is 4.90 Å². The highest BCUT2D eigenvalue weighted by atomic mass is 35.5. The fraction of sp³-hybridized carbons (Fsp3) is 0.522. The van der Waals surface area contributed by atoms with Crippen molar-refractivity contribution in [1.29, 1.82) is 0 Å². The molecule has 31 heavy (non-hydrogen) atoms. The second-order valence-electron chi connectivity index (χ2n) is 9.94. The number of carboxylic acid groups (broad SMARTS) is 1. The zero-order chi connectivity index (χ0) is 23.1. The molecule has 1 aromatic heterocycles. The molecule has 1 aromatic carbocycles. The van der Waals surface area contributed by atoms with Gasteiger partial charge < -0.3 is 9.84 Å². The number of ether oxygens (including phenoxy) is 1. The average Bonchev–Trinajstić information content (AvgIpc) is 3.25. The van der Waals surface area contributed by atoms with Crippen molar-refractivity contribution < 1.29 is 19.4 Å². The standard InChI is InChI=1S/C23H30ClN3O4/c1-22(2,3)26-12-11-17(25-26)16-13-18(20(28)29)27(21(30)31-23(4,5)6)19(16)14-7-9-15(24)10-8-14/h7-12,16,18-19H,13H2,1-6H3,(H,28,29)/t16?,18-,19-/m0/s1. The molecular formula is C23H30ClN3O4. The van der Waals surface area contributed by atoms with Crippen LogP contribution in [0, 0.1) is 0 Å².